The van der Waals surface area contributed by atoms with Crippen molar-refractivity contribution in [1.82, 2.24) is 0 Å². The quantitative estimate of drug-likeness (QED) is 0.680. The minimum Gasteiger partial charge on any atom is -0.507 e. The standard InChI is InChI=1S/C15H10BrFO2/c16-13-8-10(5-7-15(13)19)4-6-14(18)11-2-1-3-12(17)9-11/h1-9,19H/b6-4+. The van der Waals surface area contributed by atoms with Crippen LogP contribution < -0.4 is 0 Å². The molecule has 0 amide bonds. The average molecular weight is 321 g/mol. The van der Waals surface area contributed by atoms with E-state index >= 15 is 0 Å². The number of ketones is 1. The molecule has 0 radical (unpaired) electrons. The first-order valence-electron chi connectivity index (χ1n) is 5.53. The molecule has 0 heterocycles. The SMILES string of the molecule is O=C(/C=C/c1ccc(O)c(Br)c1)c1cccc(F)c1. The van der Waals surface area contributed by atoms with Gasteiger partial charge in [-0.3, -0.25) is 4.79 Å². The molecule has 19 heavy (non-hydrogen) atoms. The highest BCUT2D eigenvalue weighted by atomic mass is 79.9. The Balaban J connectivity index is 2.18. The zero-order valence-corrected chi connectivity index (χ0v) is 11.4. The minimum atomic E-state index is -0.438. The van der Waals surface area contributed by atoms with Gasteiger partial charge >= 0.3 is 0 Å². The molecular weight excluding hydrogens is 311 g/mol. The highest BCUT2D eigenvalue weighted by molar-refractivity contribution is 9.10. The normalized spacial score (nSPS) is 10.8. The van der Waals surface area contributed by atoms with Gasteiger partial charge in [0, 0.05) is 5.56 Å². The van der Waals surface area contributed by atoms with Gasteiger partial charge in [0.05, 0.1) is 4.47 Å². The van der Waals surface area contributed by atoms with Crippen LogP contribution in [0.4, 0.5) is 4.39 Å². The van der Waals surface area contributed by atoms with Crippen molar-refractivity contribution in [2.24, 2.45) is 0 Å². The molecule has 0 atom stereocenters. The Bertz CT molecular complexity index is 650. The van der Waals surface area contributed by atoms with Crippen LogP contribution >= 0.6 is 15.9 Å². The Morgan fingerprint density at radius 1 is 1.21 bits per heavy atom. The van der Waals surface area contributed by atoms with Crippen LogP contribution in [-0.2, 0) is 0 Å². The second-order valence-electron chi connectivity index (χ2n) is 3.92. The molecule has 0 unspecified atom stereocenters. The van der Waals surface area contributed by atoms with E-state index in [1.807, 2.05) is 0 Å². The van der Waals surface area contributed by atoms with Crippen LogP contribution in [0, 0.1) is 5.82 Å². The highest BCUT2D eigenvalue weighted by Gasteiger charge is 2.03. The molecule has 4 heteroatoms. The molecule has 0 aromatic heterocycles. The molecule has 2 nitrogen and oxygen atoms in total. The fraction of sp³-hybridized carbons (Fsp3) is 0. The zero-order valence-electron chi connectivity index (χ0n) is 9.81. The second-order valence-corrected chi connectivity index (χ2v) is 4.77. The van der Waals surface area contributed by atoms with Crippen LogP contribution in [-0.4, -0.2) is 10.9 Å². The zero-order chi connectivity index (χ0) is 13.8. The first-order chi connectivity index (χ1) is 9.06. The Kier molecular flexibility index (Phi) is 4.12. The summed E-state index contributed by atoms with van der Waals surface area (Å²) in [6, 6.07) is 10.4. The maximum absolute atomic E-state index is 13.0. The van der Waals surface area contributed by atoms with Gasteiger partial charge in [-0.25, -0.2) is 4.39 Å². The van der Waals surface area contributed by atoms with Crippen molar-refractivity contribution >= 4 is 27.8 Å². The summed E-state index contributed by atoms with van der Waals surface area (Å²) >= 11 is 3.19. The van der Waals surface area contributed by atoms with Crippen LogP contribution in [0.1, 0.15) is 15.9 Å². The first-order valence-corrected chi connectivity index (χ1v) is 6.32. The van der Waals surface area contributed by atoms with Crippen LogP contribution in [0.2, 0.25) is 0 Å². The first kappa shape index (κ1) is 13.5. The highest BCUT2D eigenvalue weighted by Crippen LogP contribution is 2.24. The van der Waals surface area contributed by atoms with E-state index in [-0.39, 0.29) is 11.5 Å². The van der Waals surface area contributed by atoms with Crippen molar-refractivity contribution in [3.05, 3.63) is 70.0 Å². The van der Waals surface area contributed by atoms with Crippen LogP contribution in [0.25, 0.3) is 6.08 Å². The molecule has 0 aliphatic heterocycles. The van der Waals surface area contributed by atoms with Crippen LogP contribution in [0.3, 0.4) is 0 Å². The molecule has 2 aromatic rings. The molecule has 0 fully saturated rings. The predicted octanol–water partition coefficient (Wildman–Crippen LogP) is 4.19. The lowest BCUT2D eigenvalue weighted by Gasteiger charge is -1.99. The summed E-state index contributed by atoms with van der Waals surface area (Å²) in [5.74, 6) is -0.580. The smallest absolute Gasteiger partial charge is 0.185 e. The maximum Gasteiger partial charge on any atom is 0.185 e. The number of hydrogen-bond acceptors (Lipinski definition) is 2. The number of benzene rings is 2. The molecular formula is C15H10BrFO2. The molecule has 0 aliphatic rings. The number of phenols is 1. The van der Waals surface area contributed by atoms with Gasteiger partial charge in [-0.2, -0.15) is 0 Å². The van der Waals surface area contributed by atoms with Gasteiger partial charge in [-0.1, -0.05) is 24.3 Å². The lowest BCUT2D eigenvalue weighted by molar-refractivity contribution is 0.104. The average Bonchev–Trinajstić information content (AvgIpc) is 2.40. The molecule has 2 rings (SSSR count). The van der Waals surface area contributed by atoms with Gasteiger partial charge in [0.1, 0.15) is 11.6 Å². The van der Waals surface area contributed by atoms with E-state index in [1.54, 1.807) is 24.3 Å². The molecule has 0 bridgehead atoms. The van der Waals surface area contributed by atoms with E-state index in [1.165, 1.54) is 30.3 Å². The van der Waals surface area contributed by atoms with Gasteiger partial charge in [-0.15, -0.1) is 0 Å². The maximum atomic E-state index is 13.0. The predicted molar refractivity (Wildman–Crippen MR) is 75.6 cm³/mol. The monoisotopic (exact) mass is 320 g/mol. The van der Waals surface area contributed by atoms with E-state index in [4.69, 9.17) is 0 Å². The third-order valence-electron chi connectivity index (χ3n) is 2.51. The van der Waals surface area contributed by atoms with Crippen LogP contribution in [0.5, 0.6) is 5.75 Å². The van der Waals surface area contributed by atoms with Crippen molar-refractivity contribution in [3.63, 3.8) is 0 Å². The van der Waals surface area contributed by atoms with Gasteiger partial charge in [0.2, 0.25) is 0 Å². The van der Waals surface area contributed by atoms with Gasteiger partial charge in [-0.05, 0) is 51.8 Å². The van der Waals surface area contributed by atoms with Gasteiger partial charge < -0.3 is 5.11 Å². The molecule has 1 N–H and O–H groups in total. The summed E-state index contributed by atoms with van der Waals surface area (Å²) in [5, 5.41) is 9.35. The number of carbonyl (C=O) groups excluding carboxylic acids is 1. The summed E-state index contributed by atoms with van der Waals surface area (Å²) in [7, 11) is 0. The number of phenolic OH excluding ortho intramolecular Hbond substituents is 1. The molecule has 96 valence electrons. The van der Waals surface area contributed by atoms with E-state index < -0.39 is 5.82 Å². The summed E-state index contributed by atoms with van der Waals surface area (Å²) in [5.41, 5.74) is 1.06. The van der Waals surface area contributed by atoms with E-state index in [9.17, 15) is 14.3 Å². The Morgan fingerprint density at radius 3 is 2.68 bits per heavy atom. The number of rotatable bonds is 3. The van der Waals surface area contributed by atoms with E-state index in [2.05, 4.69) is 15.9 Å². The largest absolute Gasteiger partial charge is 0.507 e. The van der Waals surface area contributed by atoms with E-state index in [0.717, 1.165) is 5.56 Å². The summed E-state index contributed by atoms with van der Waals surface area (Å²) < 4.78 is 13.5. The molecule has 0 spiro atoms. The summed E-state index contributed by atoms with van der Waals surface area (Å²) in [4.78, 5) is 11.8. The number of hydrogen-bond donors (Lipinski definition) is 1. The lowest BCUT2D eigenvalue weighted by atomic mass is 10.1. The fourth-order valence-electron chi connectivity index (χ4n) is 1.54. The number of carbonyl (C=O) groups is 1. The van der Waals surface area contributed by atoms with Crippen molar-refractivity contribution in [2.45, 2.75) is 0 Å². The minimum absolute atomic E-state index is 0.133. The molecule has 2 aromatic carbocycles. The van der Waals surface area contributed by atoms with Gasteiger partial charge in [0.25, 0.3) is 0 Å². The Morgan fingerprint density at radius 2 is 2.00 bits per heavy atom. The van der Waals surface area contributed by atoms with Crippen molar-refractivity contribution < 1.29 is 14.3 Å². The fourth-order valence-corrected chi connectivity index (χ4v) is 1.93. The Hall–Kier alpha value is -1.94. The third kappa shape index (κ3) is 3.51. The number of halogens is 2. The molecule has 0 saturated heterocycles. The van der Waals surface area contributed by atoms with Crippen molar-refractivity contribution in [1.29, 1.82) is 0 Å². The van der Waals surface area contributed by atoms with Crippen molar-refractivity contribution in [2.75, 3.05) is 0 Å². The van der Waals surface area contributed by atoms with Gasteiger partial charge in [0.15, 0.2) is 5.78 Å². The topological polar surface area (TPSA) is 37.3 Å². The second kappa shape index (κ2) is 5.80. The molecule has 0 aliphatic carbocycles. The summed E-state index contributed by atoms with van der Waals surface area (Å²) in [6.45, 7) is 0. The molecule has 0 saturated carbocycles. The van der Waals surface area contributed by atoms with Crippen LogP contribution in [0.15, 0.2) is 53.0 Å². The van der Waals surface area contributed by atoms with Crippen molar-refractivity contribution in [3.8, 4) is 5.75 Å². The van der Waals surface area contributed by atoms with E-state index in [0.29, 0.717) is 10.0 Å². The summed E-state index contributed by atoms with van der Waals surface area (Å²) in [6.07, 6.45) is 2.98. The number of allylic oxidation sites excluding steroid dienone is 1. The lowest BCUT2D eigenvalue weighted by Crippen LogP contribution is -1.94. The number of aromatic hydroxyl groups is 1. The third-order valence-corrected chi connectivity index (χ3v) is 3.14. The Labute approximate surface area is 118 Å².